The maximum Gasteiger partial charge on any atom is 0.321 e. The molecule has 1 atom stereocenters. The summed E-state index contributed by atoms with van der Waals surface area (Å²) in [5.41, 5.74) is 0.679. The highest BCUT2D eigenvalue weighted by molar-refractivity contribution is 5.89. The number of nitrogens with one attached hydrogen (secondary N) is 1. The highest BCUT2D eigenvalue weighted by atomic mass is 16.5. The van der Waals surface area contributed by atoms with Crippen molar-refractivity contribution in [1.29, 1.82) is 0 Å². The number of urea groups is 1. The van der Waals surface area contributed by atoms with Gasteiger partial charge in [-0.25, -0.2) is 4.79 Å². The predicted molar refractivity (Wildman–Crippen MR) is 114 cm³/mol. The first-order valence-electron chi connectivity index (χ1n) is 10.8. The van der Waals surface area contributed by atoms with E-state index in [1.54, 1.807) is 25.0 Å². The molecule has 31 heavy (non-hydrogen) atoms. The zero-order valence-electron chi connectivity index (χ0n) is 18.0. The van der Waals surface area contributed by atoms with Crippen LogP contribution >= 0.6 is 0 Å². The number of likely N-dealkylation sites (tertiary alicyclic amines) is 1. The summed E-state index contributed by atoms with van der Waals surface area (Å²) in [5, 5.41) is 6.97. The van der Waals surface area contributed by atoms with Crippen molar-refractivity contribution in [3.63, 3.8) is 0 Å². The average molecular weight is 428 g/mol. The van der Waals surface area contributed by atoms with Crippen LogP contribution in [-0.2, 0) is 11.2 Å². The van der Waals surface area contributed by atoms with E-state index in [0.29, 0.717) is 55.1 Å². The second-order valence-corrected chi connectivity index (χ2v) is 8.19. The summed E-state index contributed by atoms with van der Waals surface area (Å²) in [6, 6.07) is 7.06. The van der Waals surface area contributed by atoms with Crippen LogP contribution in [0.5, 0.6) is 5.75 Å². The summed E-state index contributed by atoms with van der Waals surface area (Å²) >= 11 is 0. The molecule has 1 aromatic carbocycles. The molecule has 3 amide bonds. The van der Waals surface area contributed by atoms with E-state index in [1.807, 2.05) is 23.1 Å². The number of carbonyl (C=O) groups is 2. The van der Waals surface area contributed by atoms with E-state index in [2.05, 4.69) is 15.5 Å². The van der Waals surface area contributed by atoms with Crippen LogP contribution in [0.3, 0.4) is 0 Å². The van der Waals surface area contributed by atoms with Crippen molar-refractivity contribution in [3.05, 3.63) is 36.0 Å². The van der Waals surface area contributed by atoms with E-state index >= 15 is 0 Å². The first-order chi connectivity index (χ1) is 15.0. The van der Waals surface area contributed by atoms with Crippen LogP contribution in [0.4, 0.5) is 10.5 Å². The van der Waals surface area contributed by atoms with Gasteiger partial charge >= 0.3 is 6.03 Å². The van der Waals surface area contributed by atoms with E-state index < -0.39 is 0 Å². The lowest BCUT2D eigenvalue weighted by molar-refractivity contribution is -0.132. The van der Waals surface area contributed by atoms with Gasteiger partial charge in [-0.3, -0.25) is 4.79 Å². The number of amides is 3. The Labute approximate surface area is 181 Å². The number of ether oxygens (including phenoxy) is 1. The summed E-state index contributed by atoms with van der Waals surface area (Å²) in [5.74, 6) is 2.44. The predicted octanol–water partition coefficient (Wildman–Crippen LogP) is 3.04. The number of anilines is 1. The fraction of sp³-hybridized carbons (Fsp3) is 0.545. The quantitative estimate of drug-likeness (QED) is 0.729. The lowest BCUT2D eigenvalue weighted by atomic mass is 10.0. The second kappa shape index (κ2) is 9.36. The Hall–Kier alpha value is -3.10. The third-order valence-electron chi connectivity index (χ3n) is 5.84. The average Bonchev–Trinajstić information content (AvgIpc) is 3.52. The van der Waals surface area contributed by atoms with Crippen molar-refractivity contribution in [3.8, 4) is 5.75 Å². The Kier molecular flexibility index (Phi) is 6.39. The number of methoxy groups -OCH3 is 1. The van der Waals surface area contributed by atoms with Crippen LogP contribution in [0.15, 0.2) is 28.8 Å². The fourth-order valence-corrected chi connectivity index (χ4v) is 3.98. The van der Waals surface area contributed by atoms with Gasteiger partial charge < -0.3 is 24.4 Å². The molecule has 2 fully saturated rings. The third-order valence-corrected chi connectivity index (χ3v) is 5.84. The molecule has 0 bridgehead atoms. The molecule has 0 radical (unpaired) electrons. The number of rotatable bonds is 7. The fourth-order valence-electron chi connectivity index (χ4n) is 3.98. The first-order valence-corrected chi connectivity index (χ1v) is 10.8. The van der Waals surface area contributed by atoms with Crippen molar-refractivity contribution in [2.24, 2.45) is 0 Å². The number of benzene rings is 1. The molecule has 2 aliphatic rings. The van der Waals surface area contributed by atoms with Crippen LogP contribution in [0.2, 0.25) is 0 Å². The van der Waals surface area contributed by atoms with Crippen LogP contribution in [0.25, 0.3) is 0 Å². The highest BCUT2D eigenvalue weighted by Crippen LogP contribution is 2.38. The van der Waals surface area contributed by atoms with Crippen molar-refractivity contribution in [2.75, 3.05) is 32.1 Å². The molecule has 1 N–H and O–H groups in total. The van der Waals surface area contributed by atoms with Crippen LogP contribution in [0, 0.1) is 0 Å². The molecular formula is C22H29N5O4. The van der Waals surface area contributed by atoms with Gasteiger partial charge in [-0.05, 0) is 37.8 Å². The largest absolute Gasteiger partial charge is 0.497 e. The number of carbonyl (C=O) groups excluding carboxylic acids is 2. The number of piperidine rings is 1. The molecular weight excluding hydrogens is 398 g/mol. The number of aromatic nitrogens is 2. The topological polar surface area (TPSA) is 101 Å². The van der Waals surface area contributed by atoms with Gasteiger partial charge in [0.1, 0.15) is 5.75 Å². The number of hydrogen-bond donors (Lipinski definition) is 1. The van der Waals surface area contributed by atoms with E-state index in [4.69, 9.17) is 9.26 Å². The molecule has 1 aliphatic heterocycles. The van der Waals surface area contributed by atoms with E-state index in [0.717, 1.165) is 25.7 Å². The Bertz CT molecular complexity index is 926. The van der Waals surface area contributed by atoms with Crippen molar-refractivity contribution < 1.29 is 18.8 Å². The summed E-state index contributed by atoms with van der Waals surface area (Å²) in [4.78, 5) is 33.2. The molecule has 4 rings (SSSR count). The van der Waals surface area contributed by atoms with Crippen molar-refractivity contribution in [2.45, 2.75) is 51.0 Å². The van der Waals surface area contributed by atoms with Gasteiger partial charge in [0.15, 0.2) is 5.82 Å². The summed E-state index contributed by atoms with van der Waals surface area (Å²) < 4.78 is 10.5. The summed E-state index contributed by atoms with van der Waals surface area (Å²) in [7, 11) is 1.59. The van der Waals surface area contributed by atoms with Gasteiger partial charge in [0.25, 0.3) is 0 Å². The molecule has 1 saturated heterocycles. The van der Waals surface area contributed by atoms with Crippen LogP contribution < -0.4 is 10.1 Å². The first kappa shape index (κ1) is 21.1. The summed E-state index contributed by atoms with van der Waals surface area (Å²) in [6.07, 6.45) is 4.46. The Balaban J connectivity index is 1.35. The molecule has 1 aliphatic carbocycles. The molecule has 9 heteroatoms. The molecule has 1 unspecified atom stereocenters. The van der Waals surface area contributed by atoms with Gasteiger partial charge in [-0.1, -0.05) is 11.2 Å². The smallest absolute Gasteiger partial charge is 0.321 e. The second-order valence-electron chi connectivity index (χ2n) is 8.19. The maximum atomic E-state index is 12.8. The number of nitrogens with zero attached hydrogens (tertiary/aromatic N) is 4. The number of hydrogen-bond acceptors (Lipinski definition) is 6. The molecule has 1 aromatic heterocycles. The minimum absolute atomic E-state index is 0.00837. The molecule has 0 spiro atoms. The van der Waals surface area contributed by atoms with E-state index in [-0.39, 0.29) is 18.0 Å². The van der Waals surface area contributed by atoms with Crippen LogP contribution in [0.1, 0.15) is 50.2 Å². The SMILES string of the molecule is COc1cccc(NC(=O)N2CCCC(N(CCc3noc(C4CC4)n3)C(C)=O)C2)c1. The lowest BCUT2D eigenvalue weighted by Gasteiger charge is -2.39. The normalized spacial score (nSPS) is 18.5. The van der Waals surface area contributed by atoms with Gasteiger partial charge in [0.05, 0.1) is 7.11 Å². The lowest BCUT2D eigenvalue weighted by Crippen LogP contribution is -2.52. The summed E-state index contributed by atoms with van der Waals surface area (Å²) in [6.45, 7) is 3.23. The molecule has 2 heterocycles. The third kappa shape index (κ3) is 5.34. The van der Waals surface area contributed by atoms with Gasteiger partial charge in [0.2, 0.25) is 11.8 Å². The zero-order chi connectivity index (χ0) is 21.8. The zero-order valence-corrected chi connectivity index (χ0v) is 18.0. The standard InChI is InChI=1S/C22H29N5O4/c1-15(28)27(12-10-20-24-21(31-25-20)16-8-9-16)18-6-4-11-26(14-18)22(29)23-17-5-3-7-19(13-17)30-2/h3,5,7,13,16,18H,4,6,8-12,14H2,1-2H3,(H,23,29). The Morgan fingerprint density at radius 3 is 2.90 bits per heavy atom. The van der Waals surface area contributed by atoms with Crippen LogP contribution in [-0.4, -0.2) is 64.7 Å². The maximum absolute atomic E-state index is 12.8. The van der Waals surface area contributed by atoms with E-state index in [1.165, 1.54) is 0 Å². The van der Waals surface area contributed by atoms with E-state index in [9.17, 15) is 9.59 Å². The molecule has 9 nitrogen and oxygen atoms in total. The molecule has 2 aromatic rings. The monoisotopic (exact) mass is 427 g/mol. The Morgan fingerprint density at radius 1 is 1.32 bits per heavy atom. The van der Waals surface area contributed by atoms with Gasteiger partial charge in [-0.2, -0.15) is 4.98 Å². The van der Waals surface area contributed by atoms with Gasteiger partial charge in [-0.15, -0.1) is 0 Å². The van der Waals surface area contributed by atoms with Gasteiger partial charge in [0, 0.05) is 56.7 Å². The van der Waals surface area contributed by atoms with Crippen molar-refractivity contribution in [1.82, 2.24) is 19.9 Å². The Morgan fingerprint density at radius 2 is 2.16 bits per heavy atom. The molecule has 1 saturated carbocycles. The minimum atomic E-state index is -0.173. The highest BCUT2D eigenvalue weighted by Gasteiger charge is 2.31. The minimum Gasteiger partial charge on any atom is -0.497 e. The van der Waals surface area contributed by atoms with Crippen molar-refractivity contribution >= 4 is 17.6 Å². The molecule has 166 valence electrons.